The molecular weight excluding hydrogens is 435 g/mol. The highest BCUT2D eigenvalue weighted by Gasteiger charge is 2.19. The summed E-state index contributed by atoms with van der Waals surface area (Å²) in [5.74, 6) is -0.0533. The average molecular weight is 475 g/mol. The van der Waals surface area contributed by atoms with Gasteiger partial charge in [-0.05, 0) is 42.9 Å². The molecule has 0 aliphatic heterocycles. The lowest BCUT2D eigenvalue weighted by atomic mass is 9.99. The van der Waals surface area contributed by atoms with Gasteiger partial charge in [0.2, 0.25) is 10.1 Å². The minimum absolute atomic E-state index is 0.0359. The van der Waals surface area contributed by atoms with E-state index in [1.165, 1.54) is 24.8 Å². The standard InChI is InChI=1S/C24H39FO6S/c1-3-20(2)21-14-16-22(17-15-21)30-18-12-10-8-6-4-5-7-9-11-13-19-31-24(26)23(25)32(27,28)29/h14-17,20H,3-13,18-19H2,1-2H3,(H2,27,28,29). The summed E-state index contributed by atoms with van der Waals surface area (Å²) in [4.78, 5) is 11.1. The van der Waals surface area contributed by atoms with Crippen LogP contribution in [0.4, 0.5) is 4.39 Å². The molecule has 6 nitrogen and oxygen atoms in total. The van der Waals surface area contributed by atoms with Gasteiger partial charge < -0.3 is 9.47 Å². The molecule has 1 unspecified atom stereocenters. The Balaban J connectivity index is 1.91. The number of ether oxygens (including phenoxy) is 2. The Morgan fingerprint density at radius 2 is 1.38 bits per heavy atom. The lowest BCUT2D eigenvalue weighted by Crippen LogP contribution is -2.21. The van der Waals surface area contributed by atoms with Crippen LogP contribution in [0, 0.1) is 0 Å². The quantitative estimate of drug-likeness (QED) is 0.118. The van der Waals surface area contributed by atoms with Gasteiger partial charge in [-0.15, -0.1) is 0 Å². The first kappa shape index (κ1) is 28.4. The SMILES string of the molecule is CCC(C)c1ccc(OCCCCCCCCCCCCOC(=O)C(F)=S(=O)(O)O)cc1. The van der Waals surface area contributed by atoms with Gasteiger partial charge in [0.1, 0.15) is 5.75 Å². The molecule has 0 aliphatic rings. The van der Waals surface area contributed by atoms with Crippen molar-refractivity contribution in [2.24, 2.45) is 0 Å². The third-order valence-corrected chi connectivity index (χ3v) is 6.13. The van der Waals surface area contributed by atoms with Crippen molar-refractivity contribution < 1.29 is 32.0 Å². The highest BCUT2D eigenvalue weighted by molar-refractivity contribution is 7.93. The number of halogens is 1. The van der Waals surface area contributed by atoms with Crippen molar-refractivity contribution in [3.63, 3.8) is 0 Å². The molecule has 1 aromatic rings. The Hall–Kier alpha value is -1.64. The summed E-state index contributed by atoms with van der Waals surface area (Å²) in [5, 5.41) is -2.06. The third-order valence-electron chi connectivity index (χ3n) is 5.50. The van der Waals surface area contributed by atoms with Crippen molar-refractivity contribution in [1.29, 1.82) is 0 Å². The summed E-state index contributed by atoms with van der Waals surface area (Å²) in [7, 11) is -4.87. The first-order chi connectivity index (χ1) is 15.3. The largest absolute Gasteiger partial charge is 0.494 e. The van der Waals surface area contributed by atoms with Crippen molar-refractivity contribution in [2.75, 3.05) is 13.2 Å². The monoisotopic (exact) mass is 474 g/mol. The number of carbonyl (C=O) groups is 1. The topological polar surface area (TPSA) is 93.1 Å². The number of esters is 1. The van der Waals surface area contributed by atoms with Crippen LogP contribution in [0.15, 0.2) is 24.3 Å². The van der Waals surface area contributed by atoms with Gasteiger partial charge in [0.05, 0.1) is 13.2 Å². The molecule has 0 heterocycles. The second kappa shape index (κ2) is 16.0. The van der Waals surface area contributed by atoms with Crippen molar-refractivity contribution >= 4 is 21.2 Å². The Kier molecular flexibility index (Phi) is 14.2. The predicted octanol–water partition coefficient (Wildman–Crippen LogP) is 6.35. The zero-order chi connectivity index (χ0) is 23.8. The number of hydrogen-bond acceptors (Lipinski definition) is 4. The fourth-order valence-electron chi connectivity index (χ4n) is 3.27. The molecular formula is C24H39FO6S. The molecule has 1 rings (SSSR count). The van der Waals surface area contributed by atoms with Gasteiger partial charge >= 0.3 is 11.1 Å². The lowest BCUT2D eigenvalue weighted by molar-refractivity contribution is -0.136. The van der Waals surface area contributed by atoms with Gasteiger partial charge in [-0.2, -0.15) is 4.39 Å². The number of rotatable bonds is 17. The molecule has 0 radical (unpaired) electrons. The zero-order valence-corrected chi connectivity index (χ0v) is 20.2. The molecule has 184 valence electrons. The summed E-state index contributed by atoms with van der Waals surface area (Å²) in [5.41, 5.74) is 1.36. The van der Waals surface area contributed by atoms with Crippen LogP contribution >= 0.6 is 0 Å². The molecule has 32 heavy (non-hydrogen) atoms. The average Bonchev–Trinajstić information content (AvgIpc) is 2.77. The zero-order valence-electron chi connectivity index (χ0n) is 19.4. The number of unbranched alkanes of at least 4 members (excludes halogenated alkanes) is 9. The number of carbonyl (C=O) groups excluding carboxylic acids is 1. The van der Waals surface area contributed by atoms with E-state index >= 15 is 0 Å². The second-order valence-corrected chi connectivity index (χ2v) is 9.52. The maximum Gasteiger partial charge on any atom is 0.380 e. The summed E-state index contributed by atoms with van der Waals surface area (Å²) in [6.45, 7) is 5.15. The maximum atomic E-state index is 12.9. The van der Waals surface area contributed by atoms with Crippen molar-refractivity contribution in [2.45, 2.75) is 90.4 Å². The van der Waals surface area contributed by atoms with Gasteiger partial charge in [0.25, 0.3) is 0 Å². The van der Waals surface area contributed by atoms with E-state index in [0.29, 0.717) is 12.3 Å². The Labute approximate surface area is 192 Å². The molecule has 2 N–H and O–H groups in total. The van der Waals surface area contributed by atoms with Crippen LogP contribution in [0.1, 0.15) is 96.0 Å². The first-order valence-electron chi connectivity index (χ1n) is 11.7. The van der Waals surface area contributed by atoms with E-state index in [9.17, 15) is 13.4 Å². The summed E-state index contributed by atoms with van der Waals surface area (Å²) < 4.78 is 50.8. The number of benzene rings is 1. The van der Waals surface area contributed by atoms with Gasteiger partial charge in [0.15, 0.2) is 0 Å². The molecule has 0 spiro atoms. The Morgan fingerprint density at radius 1 is 0.906 bits per heavy atom. The summed E-state index contributed by atoms with van der Waals surface area (Å²) >= 11 is 0. The third kappa shape index (κ3) is 12.4. The molecule has 8 heteroatoms. The van der Waals surface area contributed by atoms with Gasteiger partial charge in [-0.1, -0.05) is 77.3 Å². The Morgan fingerprint density at radius 3 is 1.84 bits per heavy atom. The minimum Gasteiger partial charge on any atom is -0.494 e. The molecule has 1 aromatic carbocycles. The molecule has 0 amide bonds. The molecule has 0 bridgehead atoms. The molecule has 0 aliphatic carbocycles. The fourth-order valence-corrected chi connectivity index (χ4v) is 3.54. The smallest absolute Gasteiger partial charge is 0.380 e. The normalized spacial score (nSPS) is 12.4. The predicted molar refractivity (Wildman–Crippen MR) is 127 cm³/mol. The van der Waals surface area contributed by atoms with Crippen LogP contribution in [0.2, 0.25) is 0 Å². The van der Waals surface area contributed by atoms with E-state index in [-0.39, 0.29) is 6.61 Å². The van der Waals surface area contributed by atoms with E-state index < -0.39 is 21.2 Å². The first-order valence-corrected chi connectivity index (χ1v) is 13.1. The van der Waals surface area contributed by atoms with Gasteiger partial charge in [-0.25, -0.2) is 9.00 Å². The highest BCUT2D eigenvalue weighted by Crippen LogP contribution is 2.21. The lowest BCUT2D eigenvalue weighted by Gasteiger charge is -2.10. The van der Waals surface area contributed by atoms with Crippen LogP contribution in [-0.4, -0.2) is 37.6 Å². The van der Waals surface area contributed by atoms with E-state index in [4.69, 9.17) is 13.8 Å². The summed E-state index contributed by atoms with van der Waals surface area (Å²) in [6.07, 6.45) is 11.6. The minimum atomic E-state index is -4.87. The highest BCUT2D eigenvalue weighted by atomic mass is 32.2. The molecule has 0 saturated carbocycles. The van der Waals surface area contributed by atoms with Crippen LogP contribution < -0.4 is 4.74 Å². The van der Waals surface area contributed by atoms with Crippen LogP contribution in [0.3, 0.4) is 0 Å². The summed E-state index contributed by atoms with van der Waals surface area (Å²) in [6, 6.07) is 8.43. The molecule has 0 saturated heterocycles. The van der Waals surface area contributed by atoms with Crippen molar-refractivity contribution in [1.82, 2.24) is 0 Å². The second-order valence-electron chi connectivity index (χ2n) is 8.17. The van der Waals surface area contributed by atoms with Gasteiger partial charge in [-0.3, -0.25) is 9.11 Å². The molecule has 0 aromatic heterocycles. The van der Waals surface area contributed by atoms with Crippen LogP contribution in [0.5, 0.6) is 5.75 Å². The van der Waals surface area contributed by atoms with Gasteiger partial charge in [0, 0.05) is 0 Å². The number of hydrogen-bond donors (Lipinski definition) is 2. The maximum absolute atomic E-state index is 12.9. The van der Waals surface area contributed by atoms with E-state index in [2.05, 4.69) is 42.8 Å². The van der Waals surface area contributed by atoms with E-state index in [1.807, 2.05) is 0 Å². The van der Waals surface area contributed by atoms with Crippen molar-refractivity contribution in [3.8, 4) is 5.75 Å². The molecule has 1 atom stereocenters. The van der Waals surface area contributed by atoms with E-state index in [1.54, 1.807) is 0 Å². The van der Waals surface area contributed by atoms with Crippen molar-refractivity contribution in [3.05, 3.63) is 29.8 Å². The van der Waals surface area contributed by atoms with E-state index in [0.717, 1.165) is 57.3 Å². The fraction of sp³-hybridized carbons (Fsp3) is 0.667. The Bertz CT molecular complexity index is 763. The van der Waals surface area contributed by atoms with Crippen LogP contribution in [-0.2, 0) is 19.6 Å². The van der Waals surface area contributed by atoms with Crippen LogP contribution in [0.25, 0.3) is 0 Å². The molecule has 0 fully saturated rings.